The Morgan fingerprint density at radius 2 is 1.60 bits per heavy atom. The lowest BCUT2D eigenvalue weighted by Crippen LogP contribution is -2.47. The first kappa shape index (κ1) is 12.9. The van der Waals surface area contributed by atoms with Gasteiger partial charge >= 0.3 is 6.03 Å². The zero-order valence-corrected chi connectivity index (χ0v) is 12.4. The molecule has 2 heterocycles. The van der Waals surface area contributed by atoms with Crippen LogP contribution in [0.3, 0.4) is 0 Å². The van der Waals surface area contributed by atoms with Gasteiger partial charge in [0.1, 0.15) is 0 Å². The van der Waals surface area contributed by atoms with Gasteiger partial charge in [0.05, 0.1) is 0 Å². The van der Waals surface area contributed by atoms with Gasteiger partial charge in [-0.1, -0.05) is 0 Å². The third kappa shape index (κ3) is 2.67. The smallest absolute Gasteiger partial charge is 0.317 e. The second-order valence-electron chi connectivity index (χ2n) is 7.28. The molecule has 0 aromatic rings. The Hall–Kier alpha value is -0.770. The number of amides is 2. The first-order valence-electron chi connectivity index (χ1n) is 8.61. The predicted octanol–water partition coefficient (Wildman–Crippen LogP) is 2.05. The average molecular weight is 277 g/mol. The highest BCUT2D eigenvalue weighted by molar-refractivity contribution is 5.75. The molecule has 0 aromatic heterocycles. The first-order chi connectivity index (χ1) is 9.81. The van der Waals surface area contributed by atoms with Crippen LogP contribution in [0.4, 0.5) is 4.79 Å². The Labute approximate surface area is 121 Å². The number of carbonyl (C=O) groups excluding carboxylic acids is 1. The number of hydrogen-bond acceptors (Lipinski definition) is 2. The van der Waals surface area contributed by atoms with Crippen molar-refractivity contribution in [3.8, 4) is 0 Å². The minimum atomic E-state index is 0.218. The Bertz CT molecular complexity index is 360. The molecule has 1 N–H and O–H groups in total. The fourth-order valence-corrected chi connectivity index (χ4v) is 4.10. The van der Waals surface area contributed by atoms with Gasteiger partial charge in [0.2, 0.25) is 0 Å². The third-order valence-corrected chi connectivity index (χ3v) is 5.66. The molecule has 4 rings (SSSR count). The Morgan fingerprint density at radius 1 is 0.950 bits per heavy atom. The van der Waals surface area contributed by atoms with E-state index in [2.05, 4.69) is 15.1 Å². The highest BCUT2D eigenvalue weighted by Crippen LogP contribution is 2.44. The summed E-state index contributed by atoms with van der Waals surface area (Å²) < 4.78 is 0. The van der Waals surface area contributed by atoms with Crippen molar-refractivity contribution in [2.45, 2.75) is 57.0 Å². The van der Waals surface area contributed by atoms with Gasteiger partial charge in [-0.3, -0.25) is 4.90 Å². The van der Waals surface area contributed by atoms with Gasteiger partial charge in [-0.05, 0) is 69.9 Å². The predicted molar refractivity (Wildman–Crippen MR) is 78.6 cm³/mol. The summed E-state index contributed by atoms with van der Waals surface area (Å²) in [6.45, 7) is 4.39. The van der Waals surface area contributed by atoms with Crippen molar-refractivity contribution in [2.24, 2.45) is 11.8 Å². The Balaban J connectivity index is 1.30. The van der Waals surface area contributed by atoms with Crippen LogP contribution in [0.15, 0.2) is 0 Å². The molecule has 20 heavy (non-hydrogen) atoms. The minimum Gasteiger partial charge on any atom is -0.335 e. The summed E-state index contributed by atoms with van der Waals surface area (Å²) in [4.78, 5) is 17.1. The molecule has 4 aliphatic rings. The largest absolute Gasteiger partial charge is 0.335 e. The highest BCUT2D eigenvalue weighted by atomic mass is 16.2. The van der Waals surface area contributed by atoms with Crippen molar-refractivity contribution in [3.05, 3.63) is 0 Å². The van der Waals surface area contributed by atoms with Crippen LogP contribution in [0, 0.1) is 11.8 Å². The van der Waals surface area contributed by atoms with Crippen LogP contribution in [0.1, 0.15) is 44.9 Å². The summed E-state index contributed by atoms with van der Waals surface area (Å²) in [5, 5.41) is 3.36. The van der Waals surface area contributed by atoms with Gasteiger partial charge < -0.3 is 10.2 Å². The molecule has 4 heteroatoms. The molecule has 2 saturated heterocycles. The normalized spacial score (nSPS) is 31.2. The van der Waals surface area contributed by atoms with E-state index in [1.807, 2.05) is 0 Å². The second-order valence-corrected chi connectivity index (χ2v) is 7.28. The molecule has 2 amide bonds. The lowest BCUT2D eigenvalue weighted by molar-refractivity contribution is 0.192. The summed E-state index contributed by atoms with van der Waals surface area (Å²) >= 11 is 0. The van der Waals surface area contributed by atoms with Gasteiger partial charge in [-0.25, -0.2) is 4.79 Å². The van der Waals surface area contributed by atoms with E-state index in [0.29, 0.717) is 12.1 Å². The molecular formula is C16H27N3O. The van der Waals surface area contributed by atoms with Crippen molar-refractivity contribution in [2.75, 3.05) is 26.2 Å². The van der Waals surface area contributed by atoms with E-state index in [9.17, 15) is 4.79 Å². The van der Waals surface area contributed by atoms with E-state index in [0.717, 1.165) is 24.9 Å². The molecule has 0 bridgehead atoms. The molecule has 2 saturated carbocycles. The van der Waals surface area contributed by atoms with Crippen LogP contribution in [-0.4, -0.2) is 54.1 Å². The summed E-state index contributed by atoms with van der Waals surface area (Å²) in [7, 11) is 0. The molecule has 0 aromatic carbocycles. The van der Waals surface area contributed by atoms with E-state index < -0.39 is 0 Å². The summed E-state index contributed by atoms with van der Waals surface area (Å²) in [6.07, 6.45) is 9.18. The van der Waals surface area contributed by atoms with E-state index in [-0.39, 0.29) is 6.03 Å². The minimum absolute atomic E-state index is 0.218. The first-order valence-corrected chi connectivity index (χ1v) is 8.61. The maximum Gasteiger partial charge on any atom is 0.317 e. The number of carbonyl (C=O) groups is 1. The monoisotopic (exact) mass is 277 g/mol. The summed E-state index contributed by atoms with van der Waals surface area (Å²) in [5.41, 5.74) is 0. The molecule has 112 valence electrons. The lowest BCUT2D eigenvalue weighted by Gasteiger charge is -2.25. The van der Waals surface area contributed by atoms with Crippen molar-refractivity contribution in [1.82, 2.24) is 15.1 Å². The lowest BCUT2D eigenvalue weighted by atomic mass is 10.1. The SMILES string of the molecule is O=C(NC(C1CC1)C1CC1)N1CCC(N2CCCC2)C1. The molecule has 1 atom stereocenters. The van der Waals surface area contributed by atoms with Crippen molar-refractivity contribution in [3.63, 3.8) is 0 Å². The van der Waals surface area contributed by atoms with Gasteiger partial charge in [0, 0.05) is 25.2 Å². The maximum absolute atomic E-state index is 12.5. The van der Waals surface area contributed by atoms with Crippen LogP contribution < -0.4 is 5.32 Å². The van der Waals surface area contributed by atoms with E-state index in [1.165, 1.54) is 58.0 Å². The number of urea groups is 1. The fraction of sp³-hybridized carbons (Fsp3) is 0.938. The molecule has 2 aliphatic carbocycles. The highest BCUT2D eigenvalue weighted by Gasteiger charge is 2.43. The second kappa shape index (κ2) is 5.21. The van der Waals surface area contributed by atoms with Crippen LogP contribution in [0.5, 0.6) is 0 Å². The van der Waals surface area contributed by atoms with Gasteiger partial charge in [0.15, 0.2) is 0 Å². The number of nitrogens with zero attached hydrogens (tertiary/aromatic N) is 2. The number of nitrogens with one attached hydrogen (secondary N) is 1. The zero-order chi connectivity index (χ0) is 13.5. The number of likely N-dealkylation sites (tertiary alicyclic amines) is 2. The molecular weight excluding hydrogens is 250 g/mol. The summed E-state index contributed by atoms with van der Waals surface area (Å²) in [5.74, 6) is 1.59. The van der Waals surface area contributed by atoms with Crippen LogP contribution in [-0.2, 0) is 0 Å². The van der Waals surface area contributed by atoms with Gasteiger partial charge in [-0.15, -0.1) is 0 Å². The van der Waals surface area contributed by atoms with Crippen molar-refractivity contribution < 1.29 is 4.79 Å². The average Bonchev–Trinajstić information content (AvgIpc) is 3.36. The summed E-state index contributed by atoms with van der Waals surface area (Å²) in [6, 6.07) is 1.34. The zero-order valence-electron chi connectivity index (χ0n) is 12.4. The Morgan fingerprint density at radius 3 is 2.20 bits per heavy atom. The Kier molecular flexibility index (Phi) is 3.37. The van der Waals surface area contributed by atoms with E-state index >= 15 is 0 Å². The molecule has 1 unspecified atom stereocenters. The molecule has 0 radical (unpaired) electrons. The van der Waals surface area contributed by atoms with Crippen LogP contribution in [0.2, 0.25) is 0 Å². The van der Waals surface area contributed by atoms with E-state index in [4.69, 9.17) is 0 Å². The van der Waals surface area contributed by atoms with Crippen molar-refractivity contribution >= 4 is 6.03 Å². The molecule has 2 aliphatic heterocycles. The van der Waals surface area contributed by atoms with Crippen LogP contribution >= 0.6 is 0 Å². The standard InChI is InChI=1S/C16H27N3O/c20-16(17-15(12-3-4-12)13-5-6-13)19-10-7-14(11-19)18-8-1-2-9-18/h12-15H,1-11H2,(H,17,20). The molecule has 0 spiro atoms. The van der Waals surface area contributed by atoms with Gasteiger partial charge in [0.25, 0.3) is 0 Å². The van der Waals surface area contributed by atoms with Gasteiger partial charge in [-0.2, -0.15) is 0 Å². The number of hydrogen-bond donors (Lipinski definition) is 1. The maximum atomic E-state index is 12.5. The molecule has 4 fully saturated rings. The van der Waals surface area contributed by atoms with Crippen molar-refractivity contribution in [1.29, 1.82) is 0 Å². The molecule has 4 nitrogen and oxygen atoms in total. The fourth-order valence-electron chi connectivity index (χ4n) is 4.10. The number of rotatable bonds is 4. The quantitative estimate of drug-likeness (QED) is 0.853. The third-order valence-electron chi connectivity index (χ3n) is 5.66. The van der Waals surface area contributed by atoms with Crippen LogP contribution in [0.25, 0.3) is 0 Å². The van der Waals surface area contributed by atoms with E-state index in [1.54, 1.807) is 0 Å². The topological polar surface area (TPSA) is 35.6 Å².